The molecule has 0 fully saturated rings. The van der Waals surface area contributed by atoms with Crippen LogP contribution in [0.25, 0.3) is 0 Å². The van der Waals surface area contributed by atoms with Gasteiger partial charge >= 0.3 is 12.0 Å². The first-order chi connectivity index (χ1) is 8.77. The SMILES string of the molecule is CCC(C)[C@H](NC(=O)NC(C)CCN(C)C)C(=O)O. The van der Waals surface area contributed by atoms with Gasteiger partial charge < -0.3 is 20.6 Å². The number of nitrogens with one attached hydrogen (secondary N) is 2. The van der Waals surface area contributed by atoms with E-state index in [0.717, 1.165) is 13.0 Å². The van der Waals surface area contributed by atoms with Gasteiger partial charge in [0.05, 0.1) is 0 Å². The van der Waals surface area contributed by atoms with E-state index in [9.17, 15) is 9.59 Å². The van der Waals surface area contributed by atoms with Crippen molar-refractivity contribution in [2.24, 2.45) is 5.92 Å². The third kappa shape index (κ3) is 7.66. The predicted molar refractivity (Wildman–Crippen MR) is 75.2 cm³/mol. The summed E-state index contributed by atoms with van der Waals surface area (Å²) in [6, 6.07) is -1.25. The van der Waals surface area contributed by atoms with Crippen LogP contribution in [0.15, 0.2) is 0 Å². The van der Waals surface area contributed by atoms with Crippen molar-refractivity contribution in [2.45, 2.75) is 45.7 Å². The molecule has 0 aliphatic heterocycles. The van der Waals surface area contributed by atoms with Crippen molar-refractivity contribution in [3.8, 4) is 0 Å². The maximum atomic E-state index is 11.7. The summed E-state index contributed by atoms with van der Waals surface area (Å²) in [5, 5.41) is 14.4. The van der Waals surface area contributed by atoms with E-state index < -0.39 is 18.0 Å². The molecule has 2 unspecified atom stereocenters. The Labute approximate surface area is 115 Å². The molecular formula is C13H27N3O3. The van der Waals surface area contributed by atoms with Crippen LogP contribution >= 0.6 is 0 Å². The number of carboxylic acids is 1. The first-order valence-electron chi connectivity index (χ1n) is 6.72. The van der Waals surface area contributed by atoms with Crippen LogP contribution in [0.4, 0.5) is 4.79 Å². The number of hydrogen-bond acceptors (Lipinski definition) is 3. The molecule has 0 aromatic heterocycles. The van der Waals surface area contributed by atoms with Crippen molar-refractivity contribution in [2.75, 3.05) is 20.6 Å². The van der Waals surface area contributed by atoms with Crippen molar-refractivity contribution < 1.29 is 14.7 Å². The zero-order valence-corrected chi connectivity index (χ0v) is 12.6. The lowest BCUT2D eigenvalue weighted by atomic mass is 9.99. The Kier molecular flexibility index (Phi) is 8.14. The topological polar surface area (TPSA) is 81.7 Å². The van der Waals surface area contributed by atoms with Crippen LogP contribution in [0.5, 0.6) is 0 Å². The lowest BCUT2D eigenvalue weighted by Crippen LogP contribution is -2.51. The van der Waals surface area contributed by atoms with E-state index in [0.29, 0.717) is 6.42 Å². The number of urea groups is 1. The molecule has 112 valence electrons. The fourth-order valence-electron chi connectivity index (χ4n) is 1.61. The van der Waals surface area contributed by atoms with Gasteiger partial charge in [-0.1, -0.05) is 20.3 Å². The summed E-state index contributed by atoms with van der Waals surface area (Å²) < 4.78 is 0. The van der Waals surface area contributed by atoms with E-state index in [2.05, 4.69) is 10.6 Å². The monoisotopic (exact) mass is 273 g/mol. The molecule has 3 atom stereocenters. The lowest BCUT2D eigenvalue weighted by Gasteiger charge is -2.22. The second kappa shape index (κ2) is 8.74. The summed E-state index contributed by atoms with van der Waals surface area (Å²) in [5.41, 5.74) is 0. The van der Waals surface area contributed by atoms with Crippen molar-refractivity contribution in [3.63, 3.8) is 0 Å². The quantitative estimate of drug-likeness (QED) is 0.619. The molecule has 0 heterocycles. The Morgan fingerprint density at radius 3 is 2.21 bits per heavy atom. The van der Waals surface area contributed by atoms with Crippen molar-refractivity contribution in [3.05, 3.63) is 0 Å². The van der Waals surface area contributed by atoms with Crippen LogP contribution in [-0.2, 0) is 4.79 Å². The molecule has 0 spiro atoms. The molecule has 0 aromatic rings. The molecule has 0 aromatic carbocycles. The molecule has 0 bridgehead atoms. The third-order valence-electron chi connectivity index (χ3n) is 3.15. The molecule has 3 N–H and O–H groups in total. The van der Waals surface area contributed by atoms with E-state index in [1.165, 1.54) is 0 Å². The number of aliphatic carboxylic acids is 1. The number of nitrogens with zero attached hydrogens (tertiary/aromatic N) is 1. The number of carbonyl (C=O) groups excluding carboxylic acids is 1. The average Bonchev–Trinajstić information content (AvgIpc) is 2.32. The number of carbonyl (C=O) groups is 2. The fraction of sp³-hybridized carbons (Fsp3) is 0.846. The molecule has 0 saturated heterocycles. The molecule has 6 heteroatoms. The molecule has 0 saturated carbocycles. The number of carboxylic acid groups (broad SMARTS) is 1. The minimum atomic E-state index is -0.995. The second-order valence-corrected chi connectivity index (χ2v) is 5.31. The number of amides is 2. The van der Waals surface area contributed by atoms with Crippen LogP contribution < -0.4 is 10.6 Å². The van der Waals surface area contributed by atoms with Crippen LogP contribution in [0.3, 0.4) is 0 Å². The van der Waals surface area contributed by atoms with Gasteiger partial charge in [-0.05, 0) is 39.9 Å². The van der Waals surface area contributed by atoms with Crippen LogP contribution in [0.1, 0.15) is 33.6 Å². The Bertz CT molecular complexity index is 295. The summed E-state index contributed by atoms with van der Waals surface area (Å²) in [4.78, 5) is 24.9. The standard InChI is InChI=1S/C13H27N3O3/c1-6-9(2)11(12(17)18)15-13(19)14-10(3)7-8-16(4)5/h9-11H,6-8H2,1-5H3,(H,17,18)(H2,14,15,19)/t9?,10?,11-/m0/s1. The highest BCUT2D eigenvalue weighted by Gasteiger charge is 2.25. The normalized spacial score (nSPS) is 15.7. The average molecular weight is 273 g/mol. The summed E-state index contributed by atoms with van der Waals surface area (Å²) >= 11 is 0. The number of hydrogen-bond donors (Lipinski definition) is 3. The summed E-state index contributed by atoms with van der Waals surface area (Å²) in [7, 11) is 3.94. The Balaban J connectivity index is 4.23. The Hall–Kier alpha value is -1.30. The van der Waals surface area contributed by atoms with E-state index in [1.807, 2.05) is 39.8 Å². The third-order valence-corrected chi connectivity index (χ3v) is 3.15. The van der Waals surface area contributed by atoms with Crippen LogP contribution in [0.2, 0.25) is 0 Å². The molecular weight excluding hydrogens is 246 g/mol. The molecule has 0 aliphatic carbocycles. The molecule has 19 heavy (non-hydrogen) atoms. The van der Waals surface area contributed by atoms with Gasteiger partial charge in [-0.3, -0.25) is 0 Å². The van der Waals surface area contributed by atoms with Crippen LogP contribution in [-0.4, -0.2) is 54.7 Å². The highest BCUT2D eigenvalue weighted by molar-refractivity contribution is 5.82. The highest BCUT2D eigenvalue weighted by atomic mass is 16.4. The molecule has 6 nitrogen and oxygen atoms in total. The Morgan fingerprint density at radius 1 is 1.21 bits per heavy atom. The zero-order chi connectivity index (χ0) is 15.0. The van der Waals surface area contributed by atoms with Gasteiger partial charge in [-0.15, -0.1) is 0 Å². The van der Waals surface area contributed by atoms with E-state index in [4.69, 9.17) is 5.11 Å². The van der Waals surface area contributed by atoms with Crippen molar-refractivity contribution in [1.29, 1.82) is 0 Å². The van der Waals surface area contributed by atoms with Gasteiger partial charge in [0, 0.05) is 6.04 Å². The molecule has 2 amide bonds. The van der Waals surface area contributed by atoms with Gasteiger partial charge in [0.1, 0.15) is 6.04 Å². The smallest absolute Gasteiger partial charge is 0.326 e. The summed E-state index contributed by atoms with van der Waals surface area (Å²) in [5.74, 6) is -1.09. The summed E-state index contributed by atoms with van der Waals surface area (Å²) in [6.07, 6.45) is 1.52. The van der Waals surface area contributed by atoms with E-state index in [1.54, 1.807) is 0 Å². The van der Waals surface area contributed by atoms with Crippen molar-refractivity contribution >= 4 is 12.0 Å². The van der Waals surface area contributed by atoms with E-state index in [-0.39, 0.29) is 12.0 Å². The minimum absolute atomic E-state index is 0.00813. The minimum Gasteiger partial charge on any atom is -0.480 e. The molecule has 0 aliphatic rings. The van der Waals surface area contributed by atoms with E-state index >= 15 is 0 Å². The number of rotatable bonds is 8. The van der Waals surface area contributed by atoms with Gasteiger partial charge in [-0.2, -0.15) is 0 Å². The van der Waals surface area contributed by atoms with Gasteiger partial charge in [0.25, 0.3) is 0 Å². The predicted octanol–water partition coefficient (Wildman–Crippen LogP) is 1.13. The highest BCUT2D eigenvalue weighted by Crippen LogP contribution is 2.07. The first-order valence-corrected chi connectivity index (χ1v) is 6.72. The lowest BCUT2D eigenvalue weighted by molar-refractivity contribution is -0.140. The van der Waals surface area contributed by atoms with Gasteiger partial charge in [0.15, 0.2) is 0 Å². The van der Waals surface area contributed by atoms with Gasteiger partial charge in [0.2, 0.25) is 0 Å². The largest absolute Gasteiger partial charge is 0.480 e. The maximum Gasteiger partial charge on any atom is 0.326 e. The maximum absolute atomic E-state index is 11.7. The molecule has 0 radical (unpaired) electrons. The Morgan fingerprint density at radius 2 is 1.79 bits per heavy atom. The molecule has 0 rings (SSSR count). The summed E-state index contributed by atoms with van der Waals surface area (Å²) in [6.45, 7) is 6.49. The first kappa shape index (κ1) is 17.7. The second-order valence-electron chi connectivity index (χ2n) is 5.31. The fourth-order valence-corrected chi connectivity index (χ4v) is 1.61. The van der Waals surface area contributed by atoms with Gasteiger partial charge in [-0.25, -0.2) is 9.59 Å². The van der Waals surface area contributed by atoms with Crippen LogP contribution in [0, 0.1) is 5.92 Å². The van der Waals surface area contributed by atoms with Crippen molar-refractivity contribution in [1.82, 2.24) is 15.5 Å². The zero-order valence-electron chi connectivity index (χ0n) is 12.6.